The van der Waals surface area contributed by atoms with Crippen LogP contribution < -0.4 is 0 Å². The summed E-state index contributed by atoms with van der Waals surface area (Å²) in [7, 11) is 1.68. The van der Waals surface area contributed by atoms with Crippen LogP contribution in [0.4, 0.5) is 0 Å². The van der Waals surface area contributed by atoms with E-state index in [9.17, 15) is 5.11 Å². The molecule has 2 aromatic rings. The zero-order chi connectivity index (χ0) is 9.97. The number of furan rings is 1. The van der Waals surface area contributed by atoms with Crippen molar-refractivity contribution in [1.29, 1.82) is 0 Å². The number of nitrogens with zero attached hydrogens (tertiary/aromatic N) is 4. The van der Waals surface area contributed by atoms with Crippen molar-refractivity contribution in [2.24, 2.45) is 7.05 Å². The third-order valence-electron chi connectivity index (χ3n) is 1.85. The Morgan fingerprint density at radius 2 is 2.50 bits per heavy atom. The molecule has 6 heteroatoms. The molecule has 0 amide bonds. The number of aliphatic hydroxyl groups is 1. The van der Waals surface area contributed by atoms with Gasteiger partial charge in [-0.15, -0.1) is 10.2 Å². The number of aliphatic hydroxyl groups excluding tert-OH is 1. The van der Waals surface area contributed by atoms with Crippen LogP contribution >= 0.6 is 0 Å². The Kier molecular flexibility index (Phi) is 2.28. The van der Waals surface area contributed by atoms with Gasteiger partial charge in [-0.25, -0.2) is 0 Å². The fourth-order valence-corrected chi connectivity index (χ4v) is 1.16. The maximum absolute atomic E-state index is 9.70. The van der Waals surface area contributed by atoms with Gasteiger partial charge in [0.05, 0.1) is 25.7 Å². The molecule has 0 aromatic carbocycles. The molecule has 2 rings (SSSR count). The molecular weight excluding hydrogens is 184 g/mol. The topological polar surface area (TPSA) is 77.0 Å². The lowest BCUT2D eigenvalue weighted by Crippen LogP contribution is -2.02. The molecular formula is C8H10N4O2. The fourth-order valence-electron chi connectivity index (χ4n) is 1.16. The molecule has 0 aliphatic rings. The van der Waals surface area contributed by atoms with E-state index in [0.29, 0.717) is 12.2 Å². The fraction of sp³-hybridized carbons (Fsp3) is 0.375. The van der Waals surface area contributed by atoms with Crippen LogP contribution in [0.25, 0.3) is 0 Å². The molecule has 0 saturated heterocycles. The van der Waals surface area contributed by atoms with Crippen molar-refractivity contribution >= 4 is 0 Å². The van der Waals surface area contributed by atoms with Crippen molar-refractivity contribution in [1.82, 2.24) is 20.2 Å². The summed E-state index contributed by atoms with van der Waals surface area (Å²) in [6, 6.07) is 1.71. The van der Waals surface area contributed by atoms with E-state index in [-0.39, 0.29) is 0 Å². The van der Waals surface area contributed by atoms with Crippen LogP contribution in [0.5, 0.6) is 0 Å². The lowest BCUT2D eigenvalue weighted by atomic mass is 10.1. The zero-order valence-corrected chi connectivity index (χ0v) is 7.66. The molecule has 0 spiro atoms. The lowest BCUT2D eigenvalue weighted by molar-refractivity contribution is 0.175. The van der Waals surface area contributed by atoms with Crippen molar-refractivity contribution in [3.63, 3.8) is 0 Å². The SMILES string of the molecule is Cn1nnc(CC(O)c2ccoc2)n1. The summed E-state index contributed by atoms with van der Waals surface area (Å²) < 4.78 is 4.86. The van der Waals surface area contributed by atoms with E-state index in [1.165, 1.54) is 17.3 Å². The molecule has 0 fully saturated rings. The van der Waals surface area contributed by atoms with Crippen LogP contribution in [0, 0.1) is 0 Å². The number of tetrazole rings is 1. The molecule has 2 aromatic heterocycles. The van der Waals surface area contributed by atoms with Crippen molar-refractivity contribution in [3.8, 4) is 0 Å². The minimum absolute atomic E-state index is 0.341. The Bertz CT molecular complexity index is 395. The molecule has 74 valence electrons. The van der Waals surface area contributed by atoms with Gasteiger partial charge < -0.3 is 9.52 Å². The summed E-state index contributed by atoms with van der Waals surface area (Å²) >= 11 is 0. The molecule has 0 aliphatic heterocycles. The Morgan fingerprint density at radius 3 is 3.07 bits per heavy atom. The Balaban J connectivity index is 2.05. The summed E-state index contributed by atoms with van der Waals surface area (Å²) in [5, 5.41) is 21.1. The normalized spacial score (nSPS) is 13.0. The van der Waals surface area contributed by atoms with Crippen LogP contribution in [0.3, 0.4) is 0 Å². The van der Waals surface area contributed by atoms with Gasteiger partial charge >= 0.3 is 0 Å². The van der Waals surface area contributed by atoms with Gasteiger partial charge in [0.1, 0.15) is 0 Å². The third-order valence-corrected chi connectivity index (χ3v) is 1.85. The predicted octanol–water partition coefficient (Wildman–Crippen LogP) is 0.0792. The first-order chi connectivity index (χ1) is 6.75. The number of hydrogen-bond donors (Lipinski definition) is 1. The van der Waals surface area contributed by atoms with Crippen LogP contribution in [0.1, 0.15) is 17.5 Å². The third kappa shape index (κ3) is 1.80. The van der Waals surface area contributed by atoms with Crippen molar-refractivity contribution in [2.45, 2.75) is 12.5 Å². The Labute approximate surface area is 80.2 Å². The van der Waals surface area contributed by atoms with Crippen LogP contribution in [-0.2, 0) is 13.5 Å². The highest BCUT2D eigenvalue weighted by molar-refractivity contribution is 5.10. The minimum Gasteiger partial charge on any atom is -0.472 e. The quantitative estimate of drug-likeness (QED) is 0.748. The molecule has 1 atom stereocenters. The summed E-state index contributed by atoms with van der Waals surface area (Å²) in [6.07, 6.45) is 2.72. The highest BCUT2D eigenvalue weighted by Crippen LogP contribution is 2.15. The van der Waals surface area contributed by atoms with Gasteiger partial charge in [-0.05, 0) is 11.3 Å². The van der Waals surface area contributed by atoms with Crippen molar-refractivity contribution in [3.05, 3.63) is 30.0 Å². The van der Waals surface area contributed by atoms with E-state index in [1.807, 2.05) is 0 Å². The molecule has 0 bridgehead atoms. The second-order valence-corrected chi connectivity index (χ2v) is 2.97. The highest BCUT2D eigenvalue weighted by Gasteiger charge is 2.12. The second-order valence-electron chi connectivity index (χ2n) is 2.97. The maximum Gasteiger partial charge on any atom is 0.177 e. The van der Waals surface area contributed by atoms with Crippen LogP contribution in [0.2, 0.25) is 0 Å². The molecule has 6 nitrogen and oxygen atoms in total. The van der Waals surface area contributed by atoms with Crippen molar-refractivity contribution in [2.75, 3.05) is 0 Å². The molecule has 1 unspecified atom stereocenters. The van der Waals surface area contributed by atoms with E-state index >= 15 is 0 Å². The Morgan fingerprint density at radius 1 is 1.64 bits per heavy atom. The molecule has 0 radical (unpaired) electrons. The number of hydrogen-bond acceptors (Lipinski definition) is 5. The van der Waals surface area contributed by atoms with E-state index in [2.05, 4.69) is 15.4 Å². The first-order valence-electron chi connectivity index (χ1n) is 4.19. The van der Waals surface area contributed by atoms with E-state index in [0.717, 1.165) is 5.56 Å². The molecule has 14 heavy (non-hydrogen) atoms. The first kappa shape index (κ1) is 8.89. The van der Waals surface area contributed by atoms with Crippen LogP contribution in [0.15, 0.2) is 23.0 Å². The van der Waals surface area contributed by atoms with Gasteiger partial charge in [-0.2, -0.15) is 4.80 Å². The molecule has 0 aliphatic carbocycles. The van der Waals surface area contributed by atoms with Gasteiger partial charge in [0.2, 0.25) is 0 Å². The Hall–Kier alpha value is -1.69. The van der Waals surface area contributed by atoms with Gasteiger partial charge in [0.15, 0.2) is 5.82 Å². The average molecular weight is 194 g/mol. The monoisotopic (exact) mass is 194 g/mol. The average Bonchev–Trinajstić information content (AvgIpc) is 2.75. The second kappa shape index (κ2) is 3.59. The predicted molar refractivity (Wildman–Crippen MR) is 46.2 cm³/mol. The standard InChI is InChI=1S/C8H10N4O2/c1-12-10-8(9-11-12)4-7(13)6-2-3-14-5-6/h2-3,5,7,13H,4H2,1H3. The van der Waals surface area contributed by atoms with E-state index < -0.39 is 6.10 Å². The van der Waals surface area contributed by atoms with Crippen molar-refractivity contribution < 1.29 is 9.52 Å². The van der Waals surface area contributed by atoms with E-state index in [1.54, 1.807) is 13.1 Å². The molecule has 2 heterocycles. The summed E-state index contributed by atoms with van der Waals surface area (Å²) in [5.41, 5.74) is 0.720. The minimum atomic E-state index is -0.641. The summed E-state index contributed by atoms with van der Waals surface area (Å²) in [6.45, 7) is 0. The summed E-state index contributed by atoms with van der Waals surface area (Å²) in [5.74, 6) is 0.515. The van der Waals surface area contributed by atoms with E-state index in [4.69, 9.17) is 4.42 Å². The van der Waals surface area contributed by atoms with Gasteiger partial charge in [-0.1, -0.05) is 0 Å². The molecule has 1 N–H and O–H groups in total. The number of rotatable bonds is 3. The smallest absolute Gasteiger partial charge is 0.177 e. The molecule has 0 saturated carbocycles. The number of aryl methyl sites for hydroxylation is 1. The lowest BCUT2D eigenvalue weighted by Gasteiger charge is -2.03. The highest BCUT2D eigenvalue weighted by atomic mass is 16.3. The number of aromatic nitrogens is 4. The van der Waals surface area contributed by atoms with Gasteiger partial charge in [0, 0.05) is 12.0 Å². The largest absolute Gasteiger partial charge is 0.472 e. The van der Waals surface area contributed by atoms with Gasteiger partial charge in [-0.3, -0.25) is 0 Å². The zero-order valence-electron chi connectivity index (χ0n) is 7.66. The van der Waals surface area contributed by atoms with Gasteiger partial charge in [0.25, 0.3) is 0 Å². The summed E-state index contributed by atoms with van der Waals surface area (Å²) in [4.78, 5) is 1.36. The maximum atomic E-state index is 9.70. The van der Waals surface area contributed by atoms with Crippen LogP contribution in [-0.4, -0.2) is 25.3 Å². The first-order valence-corrected chi connectivity index (χ1v) is 4.19.